The zero-order chi connectivity index (χ0) is 16.2. The van der Waals surface area contributed by atoms with Gasteiger partial charge < -0.3 is 15.5 Å². The van der Waals surface area contributed by atoms with Crippen molar-refractivity contribution in [3.8, 4) is 0 Å². The Kier molecular flexibility index (Phi) is 4.51. The van der Waals surface area contributed by atoms with Crippen LogP contribution in [-0.2, 0) is 0 Å². The van der Waals surface area contributed by atoms with Crippen molar-refractivity contribution in [2.24, 2.45) is 0 Å². The molecule has 0 atom stereocenters. The molecule has 1 saturated heterocycles. The third-order valence-corrected chi connectivity index (χ3v) is 4.62. The van der Waals surface area contributed by atoms with Crippen LogP contribution in [0.5, 0.6) is 0 Å². The molecule has 1 heterocycles. The van der Waals surface area contributed by atoms with Gasteiger partial charge in [0.15, 0.2) is 0 Å². The van der Waals surface area contributed by atoms with Crippen LogP contribution in [0.1, 0.15) is 23.2 Å². The summed E-state index contributed by atoms with van der Waals surface area (Å²) < 4.78 is 0. The Morgan fingerprint density at radius 2 is 1.65 bits per heavy atom. The summed E-state index contributed by atoms with van der Waals surface area (Å²) in [6, 6.07) is 18.1. The predicted molar refractivity (Wildman–Crippen MR) is 94.6 cm³/mol. The number of amides is 1. The standard InChI is InChI=1S/C19H23N3O/c1-21(17-5-3-2-4-6-17)18-11-13-22(14-12-18)19(23)15-7-9-16(20)10-8-15/h2-10,18H,11-14,20H2,1H3. The molecule has 0 radical (unpaired) electrons. The molecule has 0 aromatic heterocycles. The molecule has 0 aliphatic carbocycles. The molecule has 0 saturated carbocycles. The van der Waals surface area contributed by atoms with Crippen molar-refractivity contribution in [2.45, 2.75) is 18.9 Å². The van der Waals surface area contributed by atoms with E-state index < -0.39 is 0 Å². The largest absolute Gasteiger partial charge is 0.399 e. The number of hydrogen-bond acceptors (Lipinski definition) is 3. The molecule has 1 aliphatic heterocycles. The zero-order valence-electron chi connectivity index (χ0n) is 13.5. The summed E-state index contributed by atoms with van der Waals surface area (Å²) in [6.45, 7) is 1.59. The minimum atomic E-state index is 0.103. The minimum Gasteiger partial charge on any atom is -0.399 e. The van der Waals surface area contributed by atoms with Gasteiger partial charge in [0.25, 0.3) is 5.91 Å². The fraction of sp³-hybridized carbons (Fsp3) is 0.316. The van der Waals surface area contributed by atoms with Crippen LogP contribution in [0.25, 0.3) is 0 Å². The van der Waals surface area contributed by atoms with Gasteiger partial charge in [0, 0.05) is 43.1 Å². The number of carbonyl (C=O) groups excluding carboxylic acids is 1. The highest BCUT2D eigenvalue weighted by Gasteiger charge is 2.25. The monoisotopic (exact) mass is 309 g/mol. The van der Waals surface area contributed by atoms with Crippen LogP contribution in [0.2, 0.25) is 0 Å². The van der Waals surface area contributed by atoms with E-state index in [1.807, 2.05) is 11.0 Å². The van der Waals surface area contributed by atoms with Gasteiger partial charge in [0.05, 0.1) is 0 Å². The zero-order valence-corrected chi connectivity index (χ0v) is 13.5. The number of para-hydroxylation sites is 1. The number of nitrogens with zero attached hydrogens (tertiary/aromatic N) is 2. The van der Waals surface area contributed by atoms with Gasteiger partial charge in [0.2, 0.25) is 0 Å². The molecule has 4 nitrogen and oxygen atoms in total. The average molecular weight is 309 g/mol. The summed E-state index contributed by atoms with van der Waals surface area (Å²) in [5.74, 6) is 0.103. The first-order chi connectivity index (χ1) is 11.1. The highest BCUT2D eigenvalue weighted by molar-refractivity contribution is 5.94. The number of hydrogen-bond donors (Lipinski definition) is 1. The van der Waals surface area contributed by atoms with Crippen molar-refractivity contribution < 1.29 is 4.79 Å². The molecular formula is C19H23N3O. The molecule has 0 unspecified atom stereocenters. The molecular weight excluding hydrogens is 286 g/mol. The quantitative estimate of drug-likeness (QED) is 0.887. The molecule has 4 heteroatoms. The normalized spacial score (nSPS) is 15.4. The summed E-state index contributed by atoms with van der Waals surface area (Å²) in [7, 11) is 2.14. The van der Waals surface area contributed by atoms with E-state index in [0.717, 1.165) is 25.9 Å². The summed E-state index contributed by atoms with van der Waals surface area (Å²) in [5, 5.41) is 0. The molecule has 1 fully saturated rings. The van der Waals surface area contributed by atoms with E-state index in [1.54, 1.807) is 24.3 Å². The van der Waals surface area contributed by atoms with Gasteiger partial charge in [-0.2, -0.15) is 0 Å². The number of rotatable bonds is 3. The van der Waals surface area contributed by atoms with Gasteiger partial charge in [-0.1, -0.05) is 18.2 Å². The number of nitrogen functional groups attached to an aromatic ring is 1. The maximum absolute atomic E-state index is 12.5. The Hall–Kier alpha value is -2.49. The van der Waals surface area contributed by atoms with Crippen LogP contribution in [0.4, 0.5) is 11.4 Å². The number of benzene rings is 2. The molecule has 2 aromatic rings. The SMILES string of the molecule is CN(c1ccccc1)C1CCN(C(=O)c2ccc(N)cc2)CC1. The van der Waals surface area contributed by atoms with Gasteiger partial charge in [0.1, 0.15) is 0 Å². The number of likely N-dealkylation sites (tertiary alicyclic amines) is 1. The van der Waals surface area contributed by atoms with Gasteiger partial charge in [-0.3, -0.25) is 4.79 Å². The number of carbonyl (C=O) groups is 1. The van der Waals surface area contributed by atoms with E-state index in [1.165, 1.54) is 5.69 Å². The average Bonchev–Trinajstić information content (AvgIpc) is 2.62. The van der Waals surface area contributed by atoms with Crippen molar-refractivity contribution in [1.82, 2.24) is 4.90 Å². The lowest BCUT2D eigenvalue weighted by Gasteiger charge is -2.38. The molecule has 23 heavy (non-hydrogen) atoms. The Balaban J connectivity index is 1.60. The van der Waals surface area contributed by atoms with E-state index in [-0.39, 0.29) is 5.91 Å². The van der Waals surface area contributed by atoms with E-state index in [0.29, 0.717) is 17.3 Å². The highest BCUT2D eigenvalue weighted by Crippen LogP contribution is 2.22. The van der Waals surface area contributed by atoms with Gasteiger partial charge in [-0.25, -0.2) is 0 Å². The number of piperidine rings is 1. The molecule has 2 aromatic carbocycles. The van der Waals surface area contributed by atoms with E-state index in [4.69, 9.17) is 5.73 Å². The Morgan fingerprint density at radius 1 is 1.04 bits per heavy atom. The molecule has 1 amide bonds. The number of anilines is 2. The predicted octanol–water partition coefficient (Wildman–Crippen LogP) is 3.01. The Labute approximate surface area is 137 Å². The second kappa shape index (κ2) is 6.73. The molecule has 120 valence electrons. The minimum absolute atomic E-state index is 0.103. The lowest BCUT2D eigenvalue weighted by molar-refractivity contribution is 0.0713. The summed E-state index contributed by atoms with van der Waals surface area (Å²) >= 11 is 0. The summed E-state index contributed by atoms with van der Waals surface area (Å²) in [6.07, 6.45) is 1.98. The first-order valence-corrected chi connectivity index (χ1v) is 8.08. The number of nitrogens with two attached hydrogens (primary N) is 1. The molecule has 1 aliphatic rings. The fourth-order valence-corrected chi connectivity index (χ4v) is 3.14. The summed E-state index contributed by atoms with van der Waals surface area (Å²) in [5.41, 5.74) is 8.32. The van der Waals surface area contributed by atoms with Crippen LogP contribution < -0.4 is 10.6 Å². The molecule has 0 bridgehead atoms. The molecule has 2 N–H and O–H groups in total. The van der Waals surface area contributed by atoms with Crippen LogP contribution in [0.15, 0.2) is 54.6 Å². The van der Waals surface area contributed by atoms with Crippen molar-refractivity contribution in [3.05, 3.63) is 60.2 Å². The van der Waals surface area contributed by atoms with Crippen LogP contribution in [0.3, 0.4) is 0 Å². The second-order valence-electron chi connectivity index (χ2n) is 6.09. The summed E-state index contributed by atoms with van der Waals surface area (Å²) in [4.78, 5) is 16.8. The highest BCUT2D eigenvalue weighted by atomic mass is 16.2. The first kappa shape index (κ1) is 15.4. The van der Waals surface area contributed by atoms with Crippen molar-refractivity contribution >= 4 is 17.3 Å². The fourth-order valence-electron chi connectivity index (χ4n) is 3.14. The first-order valence-electron chi connectivity index (χ1n) is 8.08. The maximum Gasteiger partial charge on any atom is 0.253 e. The van der Waals surface area contributed by atoms with Crippen LogP contribution in [0, 0.1) is 0 Å². The van der Waals surface area contributed by atoms with Crippen molar-refractivity contribution in [1.29, 1.82) is 0 Å². The smallest absolute Gasteiger partial charge is 0.253 e. The van der Waals surface area contributed by atoms with Gasteiger partial charge >= 0.3 is 0 Å². The lowest BCUT2D eigenvalue weighted by Crippen LogP contribution is -2.45. The second-order valence-corrected chi connectivity index (χ2v) is 6.09. The lowest BCUT2D eigenvalue weighted by atomic mass is 10.0. The van der Waals surface area contributed by atoms with Crippen molar-refractivity contribution in [3.63, 3.8) is 0 Å². The van der Waals surface area contributed by atoms with E-state index >= 15 is 0 Å². The molecule has 0 spiro atoms. The van der Waals surface area contributed by atoms with Crippen LogP contribution >= 0.6 is 0 Å². The third-order valence-electron chi connectivity index (χ3n) is 4.62. The van der Waals surface area contributed by atoms with Crippen LogP contribution in [-0.4, -0.2) is 37.0 Å². The Bertz CT molecular complexity index is 646. The van der Waals surface area contributed by atoms with Gasteiger partial charge in [-0.15, -0.1) is 0 Å². The van der Waals surface area contributed by atoms with Crippen molar-refractivity contribution in [2.75, 3.05) is 30.8 Å². The van der Waals surface area contributed by atoms with E-state index in [2.05, 4.69) is 36.2 Å². The molecule has 3 rings (SSSR count). The third kappa shape index (κ3) is 3.47. The maximum atomic E-state index is 12.5. The van der Waals surface area contributed by atoms with E-state index in [9.17, 15) is 4.79 Å². The Morgan fingerprint density at radius 3 is 2.26 bits per heavy atom. The topological polar surface area (TPSA) is 49.6 Å². The van der Waals surface area contributed by atoms with Gasteiger partial charge in [-0.05, 0) is 49.2 Å².